The number of furan rings is 1. The van der Waals surface area contributed by atoms with Crippen molar-refractivity contribution in [3.8, 4) is 11.6 Å². The number of rotatable bonds is 5. The second-order valence-electron chi connectivity index (χ2n) is 4.14. The third-order valence-corrected chi connectivity index (χ3v) is 2.69. The van der Waals surface area contributed by atoms with Crippen LogP contribution < -0.4 is 5.73 Å². The van der Waals surface area contributed by atoms with Crippen LogP contribution in [-0.2, 0) is 0 Å². The van der Waals surface area contributed by atoms with Gasteiger partial charge in [0.15, 0.2) is 5.76 Å². The summed E-state index contributed by atoms with van der Waals surface area (Å²) in [6, 6.07) is 1.68. The first kappa shape index (κ1) is 11.9. The SMILES string of the molecule is CCCCC(N)c1nc(-c2occc2C)no1. The average Bonchev–Trinajstić information content (AvgIpc) is 2.93. The highest BCUT2D eigenvalue weighted by Crippen LogP contribution is 2.23. The first-order chi connectivity index (χ1) is 8.22. The van der Waals surface area contributed by atoms with Crippen molar-refractivity contribution >= 4 is 0 Å². The van der Waals surface area contributed by atoms with E-state index in [1.165, 1.54) is 0 Å². The fourth-order valence-electron chi connectivity index (χ4n) is 1.63. The number of aryl methyl sites for hydroxylation is 1. The van der Waals surface area contributed by atoms with Gasteiger partial charge in [-0.15, -0.1) is 0 Å². The van der Waals surface area contributed by atoms with E-state index in [1.807, 2.05) is 13.0 Å². The van der Waals surface area contributed by atoms with E-state index in [9.17, 15) is 0 Å². The van der Waals surface area contributed by atoms with Gasteiger partial charge in [0.1, 0.15) is 0 Å². The van der Waals surface area contributed by atoms with Crippen molar-refractivity contribution in [3.05, 3.63) is 23.8 Å². The molecule has 2 aromatic heterocycles. The largest absolute Gasteiger partial charge is 0.461 e. The van der Waals surface area contributed by atoms with Crippen molar-refractivity contribution in [3.63, 3.8) is 0 Å². The number of aromatic nitrogens is 2. The first-order valence-corrected chi connectivity index (χ1v) is 5.86. The molecule has 0 aliphatic rings. The molecule has 17 heavy (non-hydrogen) atoms. The van der Waals surface area contributed by atoms with E-state index in [-0.39, 0.29) is 6.04 Å². The highest BCUT2D eigenvalue weighted by Gasteiger charge is 2.17. The molecule has 0 amide bonds. The van der Waals surface area contributed by atoms with Crippen molar-refractivity contribution < 1.29 is 8.94 Å². The molecular weight excluding hydrogens is 218 g/mol. The summed E-state index contributed by atoms with van der Waals surface area (Å²) < 4.78 is 10.5. The highest BCUT2D eigenvalue weighted by molar-refractivity contribution is 5.50. The van der Waals surface area contributed by atoms with Gasteiger partial charge < -0.3 is 14.7 Å². The van der Waals surface area contributed by atoms with E-state index >= 15 is 0 Å². The van der Waals surface area contributed by atoms with Gasteiger partial charge in [-0.05, 0) is 25.0 Å². The fourth-order valence-corrected chi connectivity index (χ4v) is 1.63. The zero-order chi connectivity index (χ0) is 12.3. The van der Waals surface area contributed by atoms with Crippen LogP contribution >= 0.6 is 0 Å². The van der Waals surface area contributed by atoms with Crippen molar-refractivity contribution in [1.29, 1.82) is 0 Å². The van der Waals surface area contributed by atoms with Gasteiger partial charge in [-0.25, -0.2) is 0 Å². The van der Waals surface area contributed by atoms with Gasteiger partial charge >= 0.3 is 0 Å². The lowest BCUT2D eigenvalue weighted by Crippen LogP contribution is -2.10. The molecule has 0 spiro atoms. The maximum Gasteiger partial charge on any atom is 0.243 e. The van der Waals surface area contributed by atoms with Crippen LogP contribution in [0.5, 0.6) is 0 Å². The zero-order valence-electron chi connectivity index (χ0n) is 10.1. The normalized spacial score (nSPS) is 12.9. The maximum atomic E-state index is 5.96. The van der Waals surface area contributed by atoms with Gasteiger partial charge in [0.25, 0.3) is 0 Å². The monoisotopic (exact) mass is 235 g/mol. The van der Waals surface area contributed by atoms with Crippen LogP contribution in [0.4, 0.5) is 0 Å². The standard InChI is InChI=1S/C12H17N3O2/c1-3-4-5-9(13)12-14-11(15-17-12)10-8(2)6-7-16-10/h6-7,9H,3-5,13H2,1-2H3. The summed E-state index contributed by atoms with van der Waals surface area (Å²) >= 11 is 0. The van der Waals surface area contributed by atoms with E-state index in [1.54, 1.807) is 6.26 Å². The Hall–Kier alpha value is -1.62. The van der Waals surface area contributed by atoms with E-state index in [0.717, 1.165) is 24.8 Å². The Kier molecular flexibility index (Phi) is 3.58. The molecule has 0 saturated carbocycles. The first-order valence-electron chi connectivity index (χ1n) is 5.86. The summed E-state index contributed by atoms with van der Waals surface area (Å²) in [7, 11) is 0. The van der Waals surface area contributed by atoms with Crippen molar-refractivity contribution in [2.75, 3.05) is 0 Å². The zero-order valence-corrected chi connectivity index (χ0v) is 10.1. The van der Waals surface area contributed by atoms with E-state index < -0.39 is 0 Å². The Morgan fingerprint density at radius 3 is 2.94 bits per heavy atom. The van der Waals surface area contributed by atoms with Gasteiger partial charge in [-0.1, -0.05) is 24.9 Å². The van der Waals surface area contributed by atoms with Crippen molar-refractivity contribution in [2.24, 2.45) is 5.73 Å². The molecule has 0 fully saturated rings. The van der Waals surface area contributed by atoms with E-state index in [0.29, 0.717) is 17.5 Å². The lowest BCUT2D eigenvalue weighted by atomic mass is 10.1. The van der Waals surface area contributed by atoms with Crippen LogP contribution in [0.2, 0.25) is 0 Å². The third-order valence-electron chi connectivity index (χ3n) is 2.69. The Labute approximate surface area is 100.0 Å². The second kappa shape index (κ2) is 5.14. The molecule has 5 nitrogen and oxygen atoms in total. The number of hydrogen-bond donors (Lipinski definition) is 1. The summed E-state index contributed by atoms with van der Waals surface area (Å²) in [6.45, 7) is 4.06. The molecule has 0 aliphatic carbocycles. The summed E-state index contributed by atoms with van der Waals surface area (Å²) in [5.41, 5.74) is 6.94. The molecule has 2 rings (SSSR count). The Morgan fingerprint density at radius 1 is 1.47 bits per heavy atom. The number of unbranched alkanes of at least 4 members (excludes halogenated alkanes) is 1. The molecule has 0 saturated heterocycles. The molecule has 0 aromatic carbocycles. The van der Waals surface area contributed by atoms with Gasteiger partial charge in [0, 0.05) is 0 Å². The number of nitrogens with two attached hydrogens (primary N) is 1. The average molecular weight is 235 g/mol. The number of nitrogens with zero attached hydrogens (tertiary/aromatic N) is 2. The van der Waals surface area contributed by atoms with Gasteiger partial charge in [0.05, 0.1) is 12.3 Å². The molecule has 2 heterocycles. The quantitative estimate of drug-likeness (QED) is 0.862. The molecule has 1 atom stereocenters. The molecule has 5 heteroatoms. The van der Waals surface area contributed by atoms with Crippen LogP contribution in [-0.4, -0.2) is 10.1 Å². The predicted octanol–water partition coefficient (Wildman–Crippen LogP) is 2.83. The summed E-state index contributed by atoms with van der Waals surface area (Å²) in [6.07, 6.45) is 4.62. The minimum absolute atomic E-state index is 0.188. The van der Waals surface area contributed by atoms with Gasteiger partial charge in [0.2, 0.25) is 11.7 Å². The topological polar surface area (TPSA) is 78.1 Å². The second-order valence-corrected chi connectivity index (χ2v) is 4.14. The van der Waals surface area contributed by atoms with Crippen LogP contribution in [0.1, 0.15) is 43.7 Å². The van der Waals surface area contributed by atoms with Crippen molar-refractivity contribution in [2.45, 2.75) is 39.2 Å². The summed E-state index contributed by atoms with van der Waals surface area (Å²) in [5, 5.41) is 3.89. The Morgan fingerprint density at radius 2 is 2.29 bits per heavy atom. The predicted molar refractivity (Wildman–Crippen MR) is 63.2 cm³/mol. The third kappa shape index (κ3) is 2.55. The minimum Gasteiger partial charge on any atom is -0.461 e. The molecule has 2 N–H and O–H groups in total. The molecule has 0 radical (unpaired) electrons. The van der Waals surface area contributed by atoms with Crippen molar-refractivity contribution in [1.82, 2.24) is 10.1 Å². The molecule has 0 aliphatic heterocycles. The highest BCUT2D eigenvalue weighted by atomic mass is 16.5. The molecule has 2 aromatic rings. The number of hydrogen-bond acceptors (Lipinski definition) is 5. The van der Waals surface area contributed by atoms with E-state index in [2.05, 4.69) is 17.1 Å². The molecule has 0 bridgehead atoms. The van der Waals surface area contributed by atoms with Crippen LogP contribution in [0.15, 0.2) is 21.3 Å². The van der Waals surface area contributed by atoms with E-state index in [4.69, 9.17) is 14.7 Å². The van der Waals surface area contributed by atoms with Crippen LogP contribution in [0, 0.1) is 6.92 Å². The summed E-state index contributed by atoms with van der Waals surface area (Å²) in [5.74, 6) is 1.58. The molecule has 1 unspecified atom stereocenters. The molecule has 92 valence electrons. The van der Waals surface area contributed by atoms with Crippen LogP contribution in [0.25, 0.3) is 11.6 Å². The Balaban J connectivity index is 2.13. The maximum absolute atomic E-state index is 5.96. The lowest BCUT2D eigenvalue weighted by Gasteiger charge is -2.03. The van der Waals surface area contributed by atoms with Crippen LogP contribution in [0.3, 0.4) is 0 Å². The molecular formula is C12H17N3O2. The smallest absolute Gasteiger partial charge is 0.243 e. The minimum atomic E-state index is -0.188. The summed E-state index contributed by atoms with van der Waals surface area (Å²) in [4.78, 5) is 4.27. The Bertz CT molecular complexity index is 476. The van der Waals surface area contributed by atoms with Gasteiger partial charge in [-0.3, -0.25) is 0 Å². The lowest BCUT2D eigenvalue weighted by molar-refractivity contribution is 0.345. The van der Waals surface area contributed by atoms with Gasteiger partial charge in [-0.2, -0.15) is 4.98 Å². The fraction of sp³-hybridized carbons (Fsp3) is 0.500.